The minimum atomic E-state index is 0.432. The molecule has 0 saturated carbocycles. The number of carbonyl (C=O) groups excluding carboxylic acids is 1. The highest BCUT2D eigenvalue weighted by Gasteiger charge is 1.97. The maximum absolute atomic E-state index is 10.4. The van der Waals surface area contributed by atoms with Gasteiger partial charge in [-0.05, 0) is 25.1 Å². The highest BCUT2D eigenvalue weighted by molar-refractivity contribution is 5.74. The molecule has 0 fully saturated rings. The monoisotopic (exact) mass is 215 g/mol. The van der Waals surface area contributed by atoms with E-state index >= 15 is 0 Å². The van der Waals surface area contributed by atoms with Gasteiger partial charge in [-0.1, -0.05) is 18.7 Å². The van der Waals surface area contributed by atoms with Crippen LogP contribution in [0.5, 0.6) is 5.88 Å². The molecule has 82 valence electrons. The number of rotatable bonds is 5. The fourth-order valence-electron chi connectivity index (χ4n) is 0.977. The first-order valence-electron chi connectivity index (χ1n) is 4.84. The van der Waals surface area contributed by atoms with Gasteiger partial charge in [0.25, 0.3) is 0 Å². The molecule has 0 aromatic carbocycles. The van der Waals surface area contributed by atoms with Gasteiger partial charge >= 0.3 is 0 Å². The van der Waals surface area contributed by atoms with E-state index in [1.807, 2.05) is 19.1 Å². The summed E-state index contributed by atoms with van der Waals surface area (Å²) in [5.74, 6) is 1.03. The van der Waals surface area contributed by atoms with E-state index in [0.717, 1.165) is 6.29 Å². The predicted molar refractivity (Wildman–Crippen MR) is 63.3 cm³/mol. The number of hydrogen-bond donors (Lipinski definition) is 0. The molecular formula is C13H13NO2. The Morgan fingerprint density at radius 2 is 2.31 bits per heavy atom. The van der Waals surface area contributed by atoms with E-state index in [2.05, 4.69) is 11.6 Å². The van der Waals surface area contributed by atoms with Crippen molar-refractivity contribution >= 4 is 6.29 Å². The molecule has 0 N–H and O–H groups in total. The quantitative estimate of drug-likeness (QED) is 0.430. The highest BCUT2D eigenvalue weighted by atomic mass is 16.5. The van der Waals surface area contributed by atoms with Crippen LogP contribution < -0.4 is 4.74 Å². The molecule has 0 saturated heterocycles. The zero-order chi connectivity index (χ0) is 11.8. The lowest BCUT2D eigenvalue weighted by Gasteiger charge is -2.04. The Kier molecular flexibility index (Phi) is 4.73. The van der Waals surface area contributed by atoms with Crippen molar-refractivity contribution in [3.63, 3.8) is 0 Å². The molecule has 0 aliphatic rings. The predicted octanol–water partition coefficient (Wildman–Crippen LogP) is 2.92. The Labute approximate surface area is 94.8 Å². The van der Waals surface area contributed by atoms with Crippen molar-refractivity contribution in [1.82, 2.24) is 4.98 Å². The number of ether oxygens (including phenoxy) is 1. The first-order chi connectivity index (χ1) is 7.80. The summed E-state index contributed by atoms with van der Waals surface area (Å²) < 4.78 is 5.43. The molecular weight excluding hydrogens is 202 g/mol. The Morgan fingerprint density at radius 3 is 2.81 bits per heavy atom. The second-order valence-electron chi connectivity index (χ2n) is 2.95. The smallest absolute Gasteiger partial charge is 0.219 e. The average molecular weight is 215 g/mol. The molecule has 3 heteroatoms. The van der Waals surface area contributed by atoms with Crippen molar-refractivity contribution in [1.29, 1.82) is 0 Å². The van der Waals surface area contributed by atoms with E-state index in [1.54, 1.807) is 24.3 Å². The number of pyridine rings is 1. The average Bonchev–Trinajstić information content (AvgIpc) is 2.35. The second-order valence-corrected chi connectivity index (χ2v) is 2.95. The van der Waals surface area contributed by atoms with Gasteiger partial charge in [-0.25, -0.2) is 4.98 Å². The lowest BCUT2D eigenvalue weighted by molar-refractivity contribution is 0.112. The van der Waals surface area contributed by atoms with Crippen LogP contribution in [0.25, 0.3) is 0 Å². The molecule has 3 nitrogen and oxygen atoms in total. The first kappa shape index (κ1) is 11.9. The molecule has 1 aromatic heterocycles. The van der Waals surface area contributed by atoms with Gasteiger partial charge in [0.2, 0.25) is 5.88 Å². The topological polar surface area (TPSA) is 39.2 Å². The van der Waals surface area contributed by atoms with E-state index in [0.29, 0.717) is 17.2 Å². The lowest BCUT2D eigenvalue weighted by Crippen LogP contribution is -1.94. The molecule has 0 amide bonds. The maximum Gasteiger partial charge on any atom is 0.219 e. The van der Waals surface area contributed by atoms with Crippen molar-refractivity contribution in [2.24, 2.45) is 0 Å². The number of nitrogens with zero attached hydrogens (tertiary/aromatic N) is 1. The Balaban J connectivity index is 2.78. The minimum absolute atomic E-state index is 0.432. The summed E-state index contributed by atoms with van der Waals surface area (Å²) in [6, 6.07) is 3.28. The molecule has 16 heavy (non-hydrogen) atoms. The zero-order valence-electron chi connectivity index (χ0n) is 9.09. The van der Waals surface area contributed by atoms with Crippen molar-refractivity contribution in [3.05, 3.63) is 60.5 Å². The van der Waals surface area contributed by atoms with E-state index in [-0.39, 0.29) is 0 Å². The Morgan fingerprint density at radius 1 is 1.50 bits per heavy atom. The Bertz CT molecular complexity index is 416. The van der Waals surface area contributed by atoms with Crippen LogP contribution in [-0.2, 0) is 0 Å². The van der Waals surface area contributed by atoms with Gasteiger partial charge in [-0.2, -0.15) is 0 Å². The fourth-order valence-corrected chi connectivity index (χ4v) is 0.977. The van der Waals surface area contributed by atoms with Crippen molar-refractivity contribution < 1.29 is 9.53 Å². The first-order valence-corrected chi connectivity index (χ1v) is 4.84. The molecule has 0 unspecified atom stereocenters. The molecule has 0 spiro atoms. The van der Waals surface area contributed by atoms with Crippen molar-refractivity contribution in [2.75, 3.05) is 0 Å². The van der Waals surface area contributed by atoms with Crippen LogP contribution in [-0.4, -0.2) is 11.3 Å². The van der Waals surface area contributed by atoms with Gasteiger partial charge in [-0.15, -0.1) is 0 Å². The van der Waals surface area contributed by atoms with Gasteiger partial charge in [0, 0.05) is 17.8 Å². The standard InChI is InChI=1S/C13H13NO2/c1-3-5-6-12(4-2)16-13-8-7-11(10-15)9-14-13/h3-10H,2H2,1H3/b5-3-,12-6+. The van der Waals surface area contributed by atoms with Crippen LogP contribution in [0.2, 0.25) is 0 Å². The summed E-state index contributed by atoms with van der Waals surface area (Å²) in [4.78, 5) is 14.4. The highest BCUT2D eigenvalue weighted by Crippen LogP contribution is 2.11. The SMILES string of the molecule is C=C/C(=C\C=C/C)Oc1ccc(C=O)cn1. The molecule has 1 rings (SSSR count). The number of allylic oxidation sites excluding steroid dienone is 4. The van der Waals surface area contributed by atoms with Gasteiger partial charge in [0.1, 0.15) is 5.76 Å². The summed E-state index contributed by atoms with van der Waals surface area (Å²) in [6.45, 7) is 5.54. The van der Waals surface area contributed by atoms with E-state index in [9.17, 15) is 4.79 Å². The molecule has 0 radical (unpaired) electrons. The number of aromatic nitrogens is 1. The maximum atomic E-state index is 10.4. The van der Waals surface area contributed by atoms with Gasteiger partial charge in [-0.3, -0.25) is 4.79 Å². The summed E-state index contributed by atoms with van der Waals surface area (Å²) in [5, 5.41) is 0. The van der Waals surface area contributed by atoms with Gasteiger partial charge in [0.15, 0.2) is 6.29 Å². The second kappa shape index (κ2) is 6.35. The minimum Gasteiger partial charge on any atom is -0.439 e. The largest absolute Gasteiger partial charge is 0.439 e. The third-order valence-corrected chi connectivity index (χ3v) is 1.77. The van der Waals surface area contributed by atoms with E-state index in [4.69, 9.17) is 4.74 Å². The van der Waals surface area contributed by atoms with Gasteiger partial charge < -0.3 is 4.74 Å². The van der Waals surface area contributed by atoms with E-state index < -0.39 is 0 Å². The Hall–Kier alpha value is -2.16. The number of aldehydes is 1. The molecule has 0 atom stereocenters. The molecule has 1 aromatic rings. The summed E-state index contributed by atoms with van der Waals surface area (Å²) >= 11 is 0. The number of hydrogen-bond acceptors (Lipinski definition) is 3. The lowest BCUT2D eigenvalue weighted by atomic mass is 10.3. The number of carbonyl (C=O) groups is 1. The zero-order valence-corrected chi connectivity index (χ0v) is 9.09. The summed E-state index contributed by atoms with van der Waals surface area (Å²) in [5.41, 5.74) is 0.518. The fraction of sp³-hybridized carbons (Fsp3) is 0.0769. The summed E-state index contributed by atoms with van der Waals surface area (Å²) in [7, 11) is 0. The molecule has 1 heterocycles. The molecule has 0 bridgehead atoms. The van der Waals surface area contributed by atoms with Crippen LogP contribution in [0.1, 0.15) is 17.3 Å². The molecule has 0 aliphatic heterocycles. The molecule has 0 aliphatic carbocycles. The van der Waals surface area contributed by atoms with Crippen molar-refractivity contribution in [2.45, 2.75) is 6.92 Å². The van der Waals surface area contributed by atoms with Crippen molar-refractivity contribution in [3.8, 4) is 5.88 Å². The van der Waals surface area contributed by atoms with Gasteiger partial charge in [0.05, 0.1) is 0 Å². The van der Waals surface area contributed by atoms with Crippen LogP contribution >= 0.6 is 0 Å². The van der Waals surface area contributed by atoms with E-state index in [1.165, 1.54) is 6.20 Å². The van der Waals surface area contributed by atoms with Crippen LogP contribution in [0.15, 0.2) is 55.0 Å². The van der Waals surface area contributed by atoms with Crippen LogP contribution in [0.3, 0.4) is 0 Å². The third-order valence-electron chi connectivity index (χ3n) is 1.77. The van der Waals surface area contributed by atoms with Crippen LogP contribution in [0.4, 0.5) is 0 Å². The van der Waals surface area contributed by atoms with Crippen LogP contribution in [0, 0.1) is 0 Å². The summed E-state index contributed by atoms with van der Waals surface area (Å²) in [6.07, 6.45) is 9.30. The normalized spacial score (nSPS) is 11.4. The third kappa shape index (κ3) is 3.53.